The molecule has 2 aromatic heterocycles. The molecule has 0 spiro atoms. The van der Waals surface area contributed by atoms with E-state index in [-0.39, 0.29) is 11.1 Å². The zero-order valence-electron chi connectivity index (χ0n) is 19.0. The number of rotatable bonds is 6. The van der Waals surface area contributed by atoms with Gasteiger partial charge in [-0.25, -0.2) is 13.4 Å². The molecule has 34 heavy (non-hydrogen) atoms. The molecule has 1 aliphatic rings. The van der Waals surface area contributed by atoms with Gasteiger partial charge in [0.25, 0.3) is 5.89 Å². The smallest absolute Gasteiger partial charge is 0.268 e. The Balaban J connectivity index is 1.37. The van der Waals surface area contributed by atoms with Crippen LogP contribution in [0.5, 0.6) is 0 Å². The maximum atomic E-state index is 13.1. The van der Waals surface area contributed by atoms with Crippen LogP contribution in [0.2, 0.25) is 0 Å². The van der Waals surface area contributed by atoms with Crippen molar-refractivity contribution in [3.63, 3.8) is 0 Å². The molecule has 0 bridgehead atoms. The summed E-state index contributed by atoms with van der Waals surface area (Å²) < 4.78 is 32.1. The molecule has 0 N–H and O–H groups in total. The monoisotopic (exact) mass is 475 g/mol. The van der Waals surface area contributed by atoms with Crippen LogP contribution in [0.3, 0.4) is 0 Å². The largest absolute Gasteiger partial charge is 0.415 e. The standard InChI is InChI=1S/C25H25N5O3S/c1-30(2)19-10-13-21(14-19)34(31,32)20-11-8-17(9-12-20)22-15-26-16-23(27-22)25-29-28-24(33-25)18-6-4-3-5-7-18/h3-9,11-12,15-16,19,21H,10,13-14H2,1-2H3/t19-,21?/m1/s1. The van der Waals surface area contributed by atoms with E-state index in [2.05, 4.69) is 25.1 Å². The first-order chi connectivity index (χ1) is 16.4. The molecule has 1 aliphatic carbocycles. The normalized spacial score (nSPS) is 18.4. The molecule has 5 rings (SSSR count). The Morgan fingerprint density at radius 2 is 1.56 bits per heavy atom. The summed E-state index contributed by atoms with van der Waals surface area (Å²) in [6.45, 7) is 0. The van der Waals surface area contributed by atoms with Crippen LogP contribution in [-0.4, -0.2) is 58.9 Å². The van der Waals surface area contributed by atoms with Crippen molar-refractivity contribution in [3.05, 3.63) is 67.0 Å². The molecule has 174 valence electrons. The number of nitrogens with zero attached hydrogens (tertiary/aromatic N) is 5. The molecule has 0 amide bonds. The van der Waals surface area contributed by atoms with Crippen molar-refractivity contribution in [2.24, 2.45) is 0 Å². The van der Waals surface area contributed by atoms with Gasteiger partial charge in [-0.05, 0) is 57.6 Å². The number of sulfone groups is 1. The lowest BCUT2D eigenvalue weighted by Gasteiger charge is -2.19. The van der Waals surface area contributed by atoms with Gasteiger partial charge in [-0.15, -0.1) is 10.2 Å². The predicted molar refractivity (Wildman–Crippen MR) is 128 cm³/mol. The highest BCUT2D eigenvalue weighted by Gasteiger charge is 2.36. The van der Waals surface area contributed by atoms with Crippen molar-refractivity contribution in [2.45, 2.75) is 35.4 Å². The van der Waals surface area contributed by atoms with Gasteiger partial charge in [0.1, 0.15) is 5.69 Å². The summed E-state index contributed by atoms with van der Waals surface area (Å²) in [5, 5.41) is 7.87. The van der Waals surface area contributed by atoms with Crippen LogP contribution in [0.25, 0.3) is 34.3 Å². The highest BCUT2D eigenvalue weighted by Crippen LogP contribution is 2.32. The number of hydrogen-bond donors (Lipinski definition) is 0. The van der Waals surface area contributed by atoms with E-state index in [1.807, 2.05) is 44.4 Å². The Labute approximate surface area is 198 Å². The Morgan fingerprint density at radius 3 is 2.26 bits per heavy atom. The van der Waals surface area contributed by atoms with E-state index in [1.54, 1.807) is 36.7 Å². The van der Waals surface area contributed by atoms with Gasteiger partial charge in [-0.1, -0.05) is 30.3 Å². The lowest BCUT2D eigenvalue weighted by atomic mass is 10.1. The average molecular weight is 476 g/mol. The summed E-state index contributed by atoms with van der Waals surface area (Å²) in [4.78, 5) is 11.3. The minimum absolute atomic E-state index is 0.268. The Kier molecular flexibility index (Phi) is 5.97. The fourth-order valence-electron chi connectivity index (χ4n) is 4.31. The van der Waals surface area contributed by atoms with Gasteiger partial charge in [0.05, 0.1) is 28.2 Å². The Hall–Kier alpha value is -3.43. The van der Waals surface area contributed by atoms with Gasteiger partial charge in [0, 0.05) is 17.2 Å². The second kappa shape index (κ2) is 9.08. The molecule has 1 saturated carbocycles. The van der Waals surface area contributed by atoms with Crippen molar-refractivity contribution < 1.29 is 12.8 Å². The average Bonchev–Trinajstić information content (AvgIpc) is 3.56. The Bertz CT molecular complexity index is 1390. The second-order valence-corrected chi connectivity index (χ2v) is 10.9. The molecule has 9 heteroatoms. The van der Waals surface area contributed by atoms with Gasteiger partial charge in [0.2, 0.25) is 5.89 Å². The third-order valence-corrected chi connectivity index (χ3v) is 8.54. The maximum absolute atomic E-state index is 13.1. The minimum Gasteiger partial charge on any atom is -0.415 e. The summed E-state index contributed by atoms with van der Waals surface area (Å²) in [7, 11) is 0.626. The van der Waals surface area contributed by atoms with E-state index in [1.165, 1.54) is 0 Å². The minimum atomic E-state index is -3.37. The first kappa shape index (κ1) is 22.4. The molecule has 8 nitrogen and oxygen atoms in total. The number of aromatic nitrogens is 4. The van der Waals surface area contributed by atoms with Gasteiger partial charge < -0.3 is 9.32 Å². The molecule has 2 heterocycles. The highest BCUT2D eigenvalue weighted by atomic mass is 32.2. The SMILES string of the molecule is CN(C)[C@@H]1CCC(S(=O)(=O)c2ccc(-c3cncc(-c4nnc(-c5ccccc5)o4)n3)cc2)C1. The summed E-state index contributed by atoms with van der Waals surface area (Å²) >= 11 is 0. The highest BCUT2D eigenvalue weighted by molar-refractivity contribution is 7.92. The zero-order valence-corrected chi connectivity index (χ0v) is 19.8. The molecular weight excluding hydrogens is 450 g/mol. The Morgan fingerprint density at radius 1 is 0.853 bits per heavy atom. The van der Waals surface area contributed by atoms with E-state index < -0.39 is 9.84 Å². The second-order valence-electron chi connectivity index (χ2n) is 8.69. The van der Waals surface area contributed by atoms with Crippen molar-refractivity contribution in [3.8, 4) is 34.3 Å². The molecule has 0 saturated heterocycles. The third kappa shape index (κ3) is 4.36. The van der Waals surface area contributed by atoms with Crippen LogP contribution in [0.4, 0.5) is 0 Å². The topological polar surface area (TPSA) is 102 Å². The third-order valence-electron chi connectivity index (χ3n) is 6.30. The summed E-state index contributed by atoms with van der Waals surface area (Å²) in [6, 6.07) is 16.6. The van der Waals surface area contributed by atoms with E-state index in [0.29, 0.717) is 41.1 Å². The number of benzene rings is 2. The van der Waals surface area contributed by atoms with Crippen molar-refractivity contribution in [1.82, 2.24) is 25.1 Å². The molecule has 4 aromatic rings. The van der Waals surface area contributed by atoms with E-state index in [0.717, 1.165) is 17.5 Å². The number of hydrogen-bond acceptors (Lipinski definition) is 8. The van der Waals surface area contributed by atoms with Crippen molar-refractivity contribution in [1.29, 1.82) is 0 Å². The summed E-state index contributed by atoms with van der Waals surface area (Å²) in [5.41, 5.74) is 2.62. The fraction of sp³-hybridized carbons (Fsp3) is 0.280. The predicted octanol–water partition coefficient (Wildman–Crippen LogP) is 4.12. The van der Waals surface area contributed by atoms with Crippen LogP contribution in [0, 0.1) is 0 Å². The first-order valence-corrected chi connectivity index (χ1v) is 12.7. The van der Waals surface area contributed by atoms with Gasteiger partial charge in [0.15, 0.2) is 9.84 Å². The summed E-state index contributed by atoms with van der Waals surface area (Å²) in [5.74, 6) is 0.671. The lowest BCUT2D eigenvalue weighted by Crippen LogP contribution is -2.27. The van der Waals surface area contributed by atoms with Crippen molar-refractivity contribution >= 4 is 9.84 Å². The van der Waals surface area contributed by atoms with Gasteiger partial charge in [-0.2, -0.15) is 0 Å². The quantitative estimate of drug-likeness (QED) is 0.410. The molecular formula is C25H25N5O3S. The van der Waals surface area contributed by atoms with Gasteiger partial charge >= 0.3 is 0 Å². The van der Waals surface area contributed by atoms with Gasteiger partial charge in [-0.3, -0.25) is 4.98 Å². The van der Waals surface area contributed by atoms with Crippen molar-refractivity contribution in [2.75, 3.05) is 14.1 Å². The fourth-order valence-corrected chi connectivity index (χ4v) is 6.13. The molecule has 2 aromatic carbocycles. The molecule has 0 radical (unpaired) electrons. The maximum Gasteiger partial charge on any atom is 0.268 e. The van der Waals surface area contributed by atoms with Crippen LogP contribution >= 0.6 is 0 Å². The molecule has 0 aliphatic heterocycles. The first-order valence-electron chi connectivity index (χ1n) is 11.1. The zero-order chi connectivity index (χ0) is 23.7. The van der Waals surface area contributed by atoms with Crippen LogP contribution in [0.1, 0.15) is 19.3 Å². The lowest BCUT2D eigenvalue weighted by molar-refractivity contribution is 0.299. The van der Waals surface area contributed by atoms with E-state index in [4.69, 9.17) is 4.42 Å². The van der Waals surface area contributed by atoms with Crippen LogP contribution < -0.4 is 0 Å². The molecule has 2 atom stereocenters. The van der Waals surface area contributed by atoms with E-state index in [9.17, 15) is 8.42 Å². The summed E-state index contributed by atoms with van der Waals surface area (Å²) in [6.07, 6.45) is 5.44. The van der Waals surface area contributed by atoms with Crippen LogP contribution in [0.15, 0.2) is 76.3 Å². The van der Waals surface area contributed by atoms with E-state index >= 15 is 0 Å². The molecule has 1 fully saturated rings. The van der Waals surface area contributed by atoms with Crippen LogP contribution in [-0.2, 0) is 9.84 Å². The molecule has 1 unspecified atom stereocenters.